The molecule has 0 bridgehead atoms. The van der Waals surface area contributed by atoms with E-state index in [1.807, 2.05) is 0 Å². The molecule has 0 amide bonds. The smallest absolute Gasteiger partial charge is 0.232 e. The number of rotatable bonds is 3. The van der Waals surface area contributed by atoms with Gasteiger partial charge in [0.2, 0.25) is 9.05 Å². The zero-order valence-electron chi connectivity index (χ0n) is 7.79. The summed E-state index contributed by atoms with van der Waals surface area (Å²) in [5.41, 5.74) is 1.47. The van der Waals surface area contributed by atoms with Gasteiger partial charge in [-0.3, -0.25) is 4.68 Å². The summed E-state index contributed by atoms with van der Waals surface area (Å²) in [7, 11) is 3.33. The van der Waals surface area contributed by atoms with Gasteiger partial charge in [0.15, 0.2) is 0 Å². The summed E-state index contributed by atoms with van der Waals surface area (Å²) in [5.74, 6) is -0.124. The monoisotopic (exact) mass is 256 g/mol. The molecule has 0 aromatic carbocycles. The van der Waals surface area contributed by atoms with E-state index in [2.05, 4.69) is 5.10 Å². The van der Waals surface area contributed by atoms with Gasteiger partial charge in [0.25, 0.3) is 0 Å². The lowest BCUT2D eigenvalue weighted by molar-refractivity contribution is 0.609. The Bertz CT molecular complexity index is 439. The van der Waals surface area contributed by atoms with Crippen LogP contribution in [0.1, 0.15) is 11.3 Å². The van der Waals surface area contributed by atoms with Gasteiger partial charge in [0.05, 0.1) is 11.4 Å². The van der Waals surface area contributed by atoms with Crippen LogP contribution in [0.4, 0.5) is 0 Å². The van der Waals surface area contributed by atoms with E-state index >= 15 is 0 Å². The summed E-state index contributed by atoms with van der Waals surface area (Å²) in [5, 5.41) is 4.52. The average Bonchev–Trinajstić information content (AvgIpc) is 2.23. The van der Waals surface area contributed by atoms with Gasteiger partial charge in [-0.15, -0.1) is 0 Å². The molecule has 0 spiro atoms. The molecule has 0 saturated carbocycles. The number of aryl methyl sites for hydroxylation is 2. The predicted molar refractivity (Wildman–Crippen MR) is 56.3 cm³/mol. The maximum Gasteiger partial charge on any atom is 0.232 e. The molecule has 0 fully saturated rings. The summed E-state index contributed by atoms with van der Waals surface area (Å²) in [6.45, 7) is 1.78. The van der Waals surface area contributed by atoms with E-state index in [4.69, 9.17) is 22.3 Å². The van der Waals surface area contributed by atoms with E-state index in [1.54, 1.807) is 14.0 Å². The minimum Gasteiger partial charge on any atom is -0.257 e. The van der Waals surface area contributed by atoms with Crippen LogP contribution in [-0.2, 0) is 22.5 Å². The number of hydrogen-bond acceptors (Lipinski definition) is 3. The molecule has 1 aromatic heterocycles. The van der Waals surface area contributed by atoms with Crippen molar-refractivity contribution in [1.82, 2.24) is 9.78 Å². The number of hydrogen-bond donors (Lipinski definition) is 0. The maximum absolute atomic E-state index is 10.7. The van der Waals surface area contributed by atoms with Crippen molar-refractivity contribution < 1.29 is 8.42 Å². The van der Waals surface area contributed by atoms with E-state index in [0.717, 1.165) is 11.3 Å². The number of aromatic nitrogens is 2. The second-order valence-electron chi connectivity index (χ2n) is 2.97. The van der Waals surface area contributed by atoms with Crippen molar-refractivity contribution in [2.45, 2.75) is 13.3 Å². The first-order valence-corrected chi connectivity index (χ1v) is 6.77. The Balaban J connectivity index is 2.87. The molecular weight excluding hydrogens is 247 g/mol. The second-order valence-corrected chi connectivity index (χ2v) is 6.23. The summed E-state index contributed by atoms with van der Waals surface area (Å²) in [4.78, 5) is 0. The van der Waals surface area contributed by atoms with Crippen LogP contribution in [-0.4, -0.2) is 24.0 Å². The first kappa shape index (κ1) is 11.8. The van der Waals surface area contributed by atoms with Crippen LogP contribution in [0.3, 0.4) is 0 Å². The SMILES string of the molecule is Cc1nn(C)c(Cl)c1CCS(=O)(=O)Cl. The standard InChI is InChI=1S/C7H10Cl2N2O2S/c1-5-6(3-4-14(9,12)13)7(8)11(2)10-5/h3-4H2,1-2H3. The predicted octanol–water partition coefficient (Wildman–Crippen LogP) is 1.49. The third-order valence-corrected chi connectivity index (χ3v) is 3.49. The summed E-state index contributed by atoms with van der Waals surface area (Å²) in [6, 6.07) is 0. The van der Waals surface area contributed by atoms with E-state index in [1.165, 1.54) is 4.68 Å². The molecule has 14 heavy (non-hydrogen) atoms. The van der Waals surface area contributed by atoms with Crippen molar-refractivity contribution >= 4 is 31.3 Å². The Morgan fingerprint density at radius 2 is 2.07 bits per heavy atom. The van der Waals surface area contributed by atoms with Crippen molar-refractivity contribution in [3.8, 4) is 0 Å². The van der Waals surface area contributed by atoms with Crippen LogP contribution in [0, 0.1) is 6.92 Å². The van der Waals surface area contributed by atoms with Crippen LogP contribution in [0.25, 0.3) is 0 Å². The fourth-order valence-electron chi connectivity index (χ4n) is 1.18. The van der Waals surface area contributed by atoms with Gasteiger partial charge in [-0.05, 0) is 13.3 Å². The average molecular weight is 257 g/mol. The lowest BCUT2D eigenvalue weighted by Crippen LogP contribution is -2.02. The zero-order chi connectivity index (χ0) is 10.9. The Kier molecular flexibility index (Phi) is 3.44. The van der Waals surface area contributed by atoms with Crippen molar-refractivity contribution in [2.75, 3.05) is 5.75 Å². The van der Waals surface area contributed by atoms with Gasteiger partial charge in [-0.25, -0.2) is 8.42 Å². The summed E-state index contributed by atoms with van der Waals surface area (Å²) < 4.78 is 23.0. The molecule has 0 saturated heterocycles. The number of nitrogens with zero attached hydrogens (tertiary/aromatic N) is 2. The van der Waals surface area contributed by atoms with Gasteiger partial charge < -0.3 is 0 Å². The number of halogens is 2. The molecule has 0 aliphatic heterocycles. The van der Waals surface area contributed by atoms with Gasteiger partial charge in [0, 0.05) is 23.3 Å². The normalized spacial score (nSPS) is 12.0. The minimum absolute atomic E-state index is 0.124. The lowest BCUT2D eigenvalue weighted by Gasteiger charge is -1.97. The van der Waals surface area contributed by atoms with Crippen molar-refractivity contribution in [2.24, 2.45) is 7.05 Å². The van der Waals surface area contributed by atoms with Crippen LogP contribution in [0.15, 0.2) is 0 Å². The van der Waals surface area contributed by atoms with Crippen molar-refractivity contribution in [3.05, 3.63) is 16.4 Å². The Hall–Kier alpha value is -0.260. The largest absolute Gasteiger partial charge is 0.257 e. The highest BCUT2D eigenvalue weighted by Crippen LogP contribution is 2.19. The quantitative estimate of drug-likeness (QED) is 0.771. The molecular formula is C7H10Cl2N2O2S. The fraction of sp³-hybridized carbons (Fsp3) is 0.571. The van der Waals surface area contributed by atoms with Gasteiger partial charge in [-0.2, -0.15) is 5.10 Å². The lowest BCUT2D eigenvalue weighted by atomic mass is 10.2. The summed E-state index contributed by atoms with van der Waals surface area (Å²) in [6.07, 6.45) is 0.296. The Morgan fingerprint density at radius 1 is 1.50 bits per heavy atom. The van der Waals surface area contributed by atoms with E-state index < -0.39 is 9.05 Å². The first-order chi connectivity index (χ1) is 6.31. The molecule has 7 heteroatoms. The van der Waals surface area contributed by atoms with Crippen LogP contribution in [0.5, 0.6) is 0 Å². The topological polar surface area (TPSA) is 52.0 Å². The van der Waals surface area contributed by atoms with Gasteiger partial charge in [0.1, 0.15) is 5.15 Å². The third kappa shape index (κ3) is 2.87. The Labute approximate surface area is 92.2 Å². The Morgan fingerprint density at radius 3 is 2.43 bits per heavy atom. The maximum atomic E-state index is 10.7. The molecule has 0 radical (unpaired) electrons. The van der Waals surface area contributed by atoms with Crippen LogP contribution >= 0.6 is 22.3 Å². The fourth-order valence-corrected chi connectivity index (χ4v) is 2.13. The van der Waals surface area contributed by atoms with Crippen LogP contribution in [0.2, 0.25) is 5.15 Å². The van der Waals surface area contributed by atoms with E-state index in [9.17, 15) is 8.42 Å². The summed E-state index contributed by atoms with van der Waals surface area (Å²) >= 11 is 5.91. The second kappa shape index (κ2) is 4.08. The van der Waals surface area contributed by atoms with E-state index in [0.29, 0.717) is 11.6 Å². The molecule has 0 atom stereocenters. The van der Waals surface area contributed by atoms with Crippen molar-refractivity contribution in [3.63, 3.8) is 0 Å². The molecule has 1 rings (SSSR count). The molecule has 80 valence electrons. The third-order valence-electron chi connectivity index (χ3n) is 1.87. The first-order valence-electron chi connectivity index (χ1n) is 3.91. The molecule has 0 unspecified atom stereocenters. The van der Waals surface area contributed by atoms with Gasteiger partial charge >= 0.3 is 0 Å². The molecule has 1 aromatic rings. The van der Waals surface area contributed by atoms with E-state index in [-0.39, 0.29) is 5.75 Å². The highest BCUT2D eigenvalue weighted by Gasteiger charge is 2.14. The molecule has 0 aliphatic carbocycles. The molecule has 0 aliphatic rings. The highest BCUT2D eigenvalue weighted by molar-refractivity contribution is 8.13. The minimum atomic E-state index is -3.47. The molecule has 0 N–H and O–H groups in total. The molecule has 4 nitrogen and oxygen atoms in total. The zero-order valence-corrected chi connectivity index (χ0v) is 10.1. The van der Waals surface area contributed by atoms with Crippen LogP contribution < -0.4 is 0 Å². The molecule has 1 heterocycles. The van der Waals surface area contributed by atoms with Crippen molar-refractivity contribution in [1.29, 1.82) is 0 Å². The van der Waals surface area contributed by atoms with Gasteiger partial charge in [-0.1, -0.05) is 11.6 Å². The highest BCUT2D eigenvalue weighted by atomic mass is 35.7.